The molecule has 4 heterocycles. The van der Waals surface area contributed by atoms with Gasteiger partial charge in [0.15, 0.2) is 11.3 Å². The zero-order valence-corrected chi connectivity index (χ0v) is 18.5. The van der Waals surface area contributed by atoms with Crippen molar-refractivity contribution >= 4 is 40.3 Å². The number of aromatic nitrogens is 7. The maximum atomic E-state index is 13.0. The zero-order valence-electron chi connectivity index (χ0n) is 18.5. The number of tetrazole rings is 1. The lowest BCUT2D eigenvalue weighted by atomic mass is 10.1. The number of hydrogen-bond acceptors (Lipinski definition) is 9. The molecule has 1 aliphatic heterocycles. The molecule has 1 aliphatic rings. The van der Waals surface area contributed by atoms with Crippen LogP contribution in [0.3, 0.4) is 0 Å². The maximum Gasteiger partial charge on any atom is 0.328 e. The van der Waals surface area contributed by atoms with Crippen molar-refractivity contribution in [3.63, 3.8) is 0 Å². The number of benzene rings is 2. The van der Waals surface area contributed by atoms with Crippen molar-refractivity contribution in [3.8, 4) is 5.69 Å². The molecule has 14 heteroatoms. The number of fused-ring (bicyclic) bond motifs is 3. The number of aryl methyl sites for hydroxylation is 1. The molecule has 1 saturated heterocycles. The van der Waals surface area contributed by atoms with Crippen LogP contribution in [-0.4, -0.2) is 57.3 Å². The molecule has 2 aromatic carbocycles. The van der Waals surface area contributed by atoms with Gasteiger partial charge in [-0.25, -0.2) is 14.5 Å². The molecule has 4 amide bonds. The molecule has 0 spiro atoms. The van der Waals surface area contributed by atoms with E-state index in [4.69, 9.17) is 4.99 Å². The molecule has 1 fully saturated rings. The lowest BCUT2D eigenvalue weighted by molar-refractivity contribution is -0.165. The quantitative estimate of drug-likeness (QED) is 0.296. The molecule has 3 aromatic heterocycles. The van der Waals surface area contributed by atoms with Crippen molar-refractivity contribution in [3.05, 3.63) is 71.8 Å². The molecule has 14 nitrogen and oxygen atoms in total. The molecule has 0 atom stereocenters. The van der Waals surface area contributed by atoms with Crippen LogP contribution in [0.5, 0.6) is 0 Å². The van der Waals surface area contributed by atoms with Crippen molar-refractivity contribution in [2.24, 2.45) is 4.99 Å². The zero-order chi connectivity index (χ0) is 25.0. The van der Waals surface area contributed by atoms with Crippen LogP contribution < -0.4 is 16.1 Å². The summed E-state index contributed by atoms with van der Waals surface area (Å²) in [7, 11) is 0. The highest BCUT2D eigenvalue weighted by Crippen LogP contribution is 2.24. The summed E-state index contributed by atoms with van der Waals surface area (Å²) >= 11 is 0. The van der Waals surface area contributed by atoms with Crippen LogP contribution in [0.25, 0.3) is 22.4 Å². The fourth-order valence-corrected chi connectivity index (χ4v) is 4.11. The van der Waals surface area contributed by atoms with Gasteiger partial charge in [0, 0.05) is 6.07 Å². The number of nitrogens with zero attached hydrogens (tertiary/aromatic N) is 8. The predicted octanol–water partition coefficient (Wildman–Crippen LogP) is -0.183. The van der Waals surface area contributed by atoms with Crippen LogP contribution in [-0.2, 0) is 15.3 Å². The molecule has 178 valence electrons. The van der Waals surface area contributed by atoms with E-state index in [0.29, 0.717) is 22.7 Å². The van der Waals surface area contributed by atoms with Crippen LogP contribution in [0.15, 0.2) is 65.7 Å². The second-order valence-electron chi connectivity index (χ2n) is 7.97. The summed E-state index contributed by atoms with van der Waals surface area (Å²) in [5.41, 5.74) is -1.08. The van der Waals surface area contributed by atoms with Crippen molar-refractivity contribution < 1.29 is 19.5 Å². The maximum absolute atomic E-state index is 13.0. The fraction of sp³-hybridized carbons (Fsp3) is 0.0909. The van der Waals surface area contributed by atoms with E-state index < -0.39 is 23.6 Å². The highest BCUT2D eigenvalue weighted by atomic mass is 16.3. The molecule has 0 saturated carbocycles. The second-order valence-corrected chi connectivity index (χ2v) is 7.97. The van der Waals surface area contributed by atoms with E-state index in [-0.39, 0.29) is 16.7 Å². The Kier molecular flexibility index (Phi) is 4.52. The monoisotopic (exact) mass is 484 g/mol. The van der Waals surface area contributed by atoms with Crippen molar-refractivity contribution in [2.75, 3.05) is 0 Å². The number of carbonyl (C=O) groups is 3. The number of imide groups is 2. The van der Waals surface area contributed by atoms with Crippen LogP contribution in [0.1, 0.15) is 5.69 Å². The van der Waals surface area contributed by atoms with Gasteiger partial charge in [-0.3, -0.25) is 24.8 Å². The number of urea groups is 1. The lowest BCUT2D eigenvalue weighted by Crippen LogP contribution is -2.69. The number of aliphatic hydroxyl groups is 1. The standard InChI is InChI=1S/C22H16N10O4/c1-12-11-16(31(27-12)13-7-3-2-4-8-13)23-17-18-26-28-29-32(18)15-10-6-5-9-14(15)30(17)22(36)19(33)24-21(35)25-20(22)34/h2-11,36H,1H3,(H2,24,25,33,34,35). The van der Waals surface area contributed by atoms with Gasteiger partial charge in [-0.1, -0.05) is 30.3 Å². The van der Waals surface area contributed by atoms with Crippen LogP contribution in [0, 0.1) is 6.92 Å². The predicted molar refractivity (Wildman–Crippen MR) is 122 cm³/mol. The lowest BCUT2D eigenvalue weighted by Gasteiger charge is -2.32. The summed E-state index contributed by atoms with van der Waals surface area (Å²) in [5, 5.41) is 31.7. The Labute approximate surface area is 200 Å². The SMILES string of the molecule is Cc1cc(N=c2c3nnnn3c3ccccc3n2C2(O)C(=O)NC(=O)NC2=O)n(-c2ccccc2)n1. The van der Waals surface area contributed by atoms with Gasteiger partial charge in [-0.05, 0) is 41.6 Å². The highest BCUT2D eigenvalue weighted by molar-refractivity contribution is 6.20. The Hall–Kier alpha value is -5.24. The average molecular weight is 484 g/mol. The molecule has 0 bridgehead atoms. The topological polar surface area (TPSA) is 174 Å². The number of nitrogens with one attached hydrogen (secondary N) is 2. The third-order valence-corrected chi connectivity index (χ3v) is 5.68. The molecule has 0 radical (unpaired) electrons. The third kappa shape index (κ3) is 3.01. The van der Waals surface area contributed by atoms with Gasteiger partial charge < -0.3 is 5.11 Å². The van der Waals surface area contributed by atoms with Crippen LogP contribution >= 0.6 is 0 Å². The molecule has 3 N–H and O–H groups in total. The van der Waals surface area contributed by atoms with Gasteiger partial charge in [0.05, 0.1) is 22.4 Å². The summed E-state index contributed by atoms with van der Waals surface area (Å²) in [6.45, 7) is 1.78. The number of para-hydroxylation sites is 3. The number of carbonyl (C=O) groups excluding carboxylic acids is 3. The Morgan fingerprint density at radius 1 is 0.944 bits per heavy atom. The molecule has 36 heavy (non-hydrogen) atoms. The van der Waals surface area contributed by atoms with Crippen LogP contribution in [0.4, 0.5) is 10.6 Å². The molecule has 0 aliphatic carbocycles. The van der Waals surface area contributed by atoms with Crippen molar-refractivity contribution in [1.82, 2.24) is 45.0 Å². The van der Waals surface area contributed by atoms with E-state index in [2.05, 4.69) is 20.6 Å². The van der Waals surface area contributed by atoms with E-state index in [9.17, 15) is 19.5 Å². The smallest absolute Gasteiger partial charge is 0.328 e. The molecular weight excluding hydrogens is 468 g/mol. The minimum Gasteiger partial charge on any atom is -0.355 e. The number of hydrogen-bond donors (Lipinski definition) is 3. The van der Waals surface area contributed by atoms with E-state index in [0.717, 1.165) is 4.57 Å². The van der Waals surface area contributed by atoms with Crippen LogP contribution in [0.2, 0.25) is 0 Å². The normalized spacial score (nSPS) is 15.9. The first-order valence-corrected chi connectivity index (χ1v) is 10.7. The van der Waals surface area contributed by atoms with Gasteiger partial charge in [0.1, 0.15) is 0 Å². The fourth-order valence-electron chi connectivity index (χ4n) is 4.11. The number of amides is 4. The summed E-state index contributed by atoms with van der Waals surface area (Å²) in [6, 6.07) is 16.4. The van der Waals surface area contributed by atoms with Crippen molar-refractivity contribution in [1.29, 1.82) is 0 Å². The number of rotatable bonds is 3. The van der Waals surface area contributed by atoms with E-state index in [1.807, 2.05) is 41.0 Å². The van der Waals surface area contributed by atoms with E-state index in [1.54, 1.807) is 41.9 Å². The Bertz CT molecular complexity index is 1760. The highest BCUT2D eigenvalue weighted by Gasteiger charge is 2.52. The van der Waals surface area contributed by atoms with E-state index in [1.165, 1.54) is 4.52 Å². The molecule has 0 unspecified atom stereocenters. The van der Waals surface area contributed by atoms with Gasteiger partial charge in [0.2, 0.25) is 5.65 Å². The minimum absolute atomic E-state index is 0.0399. The Morgan fingerprint density at radius 2 is 1.61 bits per heavy atom. The first-order chi connectivity index (χ1) is 17.4. The summed E-state index contributed by atoms with van der Waals surface area (Å²) in [5.74, 6) is -2.20. The summed E-state index contributed by atoms with van der Waals surface area (Å²) < 4.78 is 3.93. The largest absolute Gasteiger partial charge is 0.355 e. The Balaban J connectivity index is 1.77. The molecule has 6 rings (SSSR count). The summed E-state index contributed by atoms with van der Waals surface area (Å²) in [6.07, 6.45) is 0. The molecular formula is C22H16N10O4. The van der Waals surface area contributed by atoms with E-state index >= 15 is 0 Å². The third-order valence-electron chi connectivity index (χ3n) is 5.68. The second kappa shape index (κ2) is 7.64. The average Bonchev–Trinajstić information content (AvgIpc) is 3.50. The van der Waals surface area contributed by atoms with Gasteiger partial charge in [0.25, 0.3) is 11.8 Å². The summed E-state index contributed by atoms with van der Waals surface area (Å²) in [4.78, 5) is 42.4. The first-order valence-electron chi connectivity index (χ1n) is 10.7. The first kappa shape index (κ1) is 21.3. The van der Waals surface area contributed by atoms with Gasteiger partial charge in [-0.15, -0.1) is 5.10 Å². The number of barbiturate groups is 1. The van der Waals surface area contributed by atoms with Crippen molar-refractivity contribution in [2.45, 2.75) is 12.6 Å². The van der Waals surface area contributed by atoms with Gasteiger partial charge in [-0.2, -0.15) is 9.61 Å². The minimum atomic E-state index is -2.90. The van der Waals surface area contributed by atoms with Gasteiger partial charge >= 0.3 is 11.8 Å². The Morgan fingerprint density at radius 3 is 2.33 bits per heavy atom. The molecule has 5 aromatic rings.